The molecule has 1 fully saturated rings. The Bertz CT molecular complexity index is 233. The summed E-state index contributed by atoms with van der Waals surface area (Å²) in [5, 5.41) is 9.26. The zero-order valence-corrected chi connectivity index (χ0v) is 10.0. The highest BCUT2D eigenvalue weighted by molar-refractivity contribution is 7.98. The molecule has 2 atom stereocenters. The molecule has 0 aliphatic carbocycles. The van der Waals surface area contributed by atoms with Gasteiger partial charge in [-0.2, -0.15) is 11.8 Å². The van der Waals surface area contributed by atoms with Gasteiger partial charge in [0, 0.05) is 18.9 Å². The lowest BCUT2D eigenvalue weighted by Gasteiger charge is -2.26. The zero-order valence-electron chi connectivity index (χ0n) is 9.19. The van der Waals surface area contributed by atoms with Crippen molar-refractivity contribution in [2.75, 3.05) is 25.2 Å². The van der Waals surface area contributed by atoms with Gasteiger partial charge in [-0.15, -0.1) is 6.58 Å². The molecule has 1 N–H and O–H groups in total. The van der Waals surface area contributed by atoms with E-state index in [0.717, 1.165) is 18.7 Å². The second-order valence-electron chi connectivity index (χ2n) is 3.86. The summed E-state index contributed by atoms with van der Waals surface area (Å²) < 4.78 is 0. The number of aliphatic hydroxyl groups is 1. The minimum absolute atomic E-state index is 0.00472. The lowest BCUT2D eigenvalue weighted by molar-refractivity contribution is -0.130. The smallest absolute Gasteiger partial charge is 0.223 e. The molecule has 0 spiro atoms. The summed E-state index contributed by atoms with van der Waals surface area (Å²) in [7, 11) is 0. The predicted octanol–water partition coefficient (Wildman–Crippen LogP) is 1.13. The molecule has 1 heterocycles. The van der Waals surface area contributed by atoms with Crippen LogP contribution in [0.15, 0.2) is 12.7 Å². The Morgan fingerprint density at radius 3 is 3.00 bits per heavy atom. The van der Waals surface area contributed by atoms with E-state index in [4.69, 9.17) is 0 Å². The number of carbonyl (C=O) groups excluding carboxylic acids is 1. The quantitative estimate of drug-likeness (QED) is 0.694. The maximum atomic E-state index is 11.7. The molecular formula is C11H19NO2S. The van der Waals surface area contributed by atoms with Crippen molar-refractivity contribution in [1.82, 2.24) is 4.90 Å². The van der Waals surface area contributed by atoms with Crippen molar-refractivity contribution >= 4 is 17.7 Å². The first-order valence-electron chi connectivity index (χ1n) is 5.24. The van der Waals surface area contributed by atoms with Gasteiger partial charge >= 0.3 is 0 Å². The standard InChI is InChI=1S/C11H19NO2S/c1-3-9-6-11(14)12(7-9)10(8-13)4-5-15-2/h3,9-10,13H,1,4-8H2,2H3/t9?,10-/m0/s1. The van der Waals surface area contributed by atoms with Crippen molar-refractivity contribution in [1.29, 1.82) is 0 Å². The van der Waals surface area contributed by atoms with E-state index >= 15 is 0 Å². The Morgan fingerprint density at radius 1 is 1.80 bits per heavy atom. The van der Waals surface area contributed by atoms with Crippen LogP contribution < -0.4 is 0 Å². The first-order chi connectivity index (χ1) is 7.22. The maximum absolute atomic E-state index is 11.7. The predicted molar refractivity (Wildman–Crippen MR) is 63.9 cm³/mol. The van der Waals surface area contributed by atoms with Gasteiger partial charge in [-0.3, -0.25) is 4.79 Å². The van der Waals surface area contributed by atoms with Crippen molar-refractivity contribution in [2.24, 2.45) is 5.92 Å². The summed E-state index contributed by atoms with van der Waals surface area (Å²) >= 11 is 1.74. The van der Waals surface area contributed by atoms with Crippen LogP contribution in [0.4, 0.5) is 0 Å². The molecule has 1 saturated heterocycles. The minimum Gasteiger partial charge on any atom is -0.394 e. The lowest BCUT2D eigenvalue weighted by Crippen LogP contribution is -2.39. The number of hydrogen-bond acceptors (Lipinski definition) is 3. The number of hydrogen-bond donors (Lipinski definition) is 1. The van der Waals surface area contributed by atoms with Crippen LogP contribution in [0.5, 0.6) is 0 Å². The van der Waals surface area contributed by atoms with E-state index in [9.17, 15) is 9.90 Å². The number of thioether (sulfide) groups is 1. The summed E-state index contributed by atoms with van der Waals surface area (Å²) in [6.07, 6.45) is 5.29. The van der Waals surface area contributed by atoms with Crippen molar-refractivity contribution in [3.63, 3.8) is 0 Å². The summed E-state index contributed by atoms with van der Waals surface area (Å²) in [4.78, 5) is 13.5. The van der Waals surface area contributed by atoms with Crippen LogP contribution in [-0.2, 0) is 4.79 Å². The SMILES string of the molecule is C=CC1CC(=O)N([C@H](CO)CCSC)C1. The van der Waals surface area contributed by atoms with Crippen LogP contribution in [-0.4, -0.2) is 47.1 Å². The molecular weight excluding hydrogens is 210 g/mol. The molecule has 0 radical (unpaired) electrons. The van der Waals surface area contributed by atoms with E-state index in [0.29, 0.717) is 6.42 Å². The van der Waals surface area contributed by atoms with Gasteiger partial charge in [0.2, 0.25) is 5.91 Å². The fraction of sp³-hybridized carbons (Fsp3) is 0.727. The van der Waals surface area contributed by atoms with E-state index in [1.54, 1.807) is 11.8 Å². The molecule has 1 unspecified atom stereocenters. The largest absolute Gasteiger partial charge is 0.394 e. The number of aliphatic hydroxyl groups excluding tert-OH is 1. The molecule has 0 saturated carbocycles. The van der Waals surface area contributed by atoms with Crippen molar-refractivity contribution in [2.45, 2.75) is 18.9 Å². The molecule has 0 aromatic rings. The average Bonchev–Trinajstić information content (AvgIpc) is 2.61. The highest BCUT2D eigenvalue weighted by atomic mass is 32.2. The Morgan fingerprint density at radius 2 is 2.53 bits per heavy atom. The van der Waals surface area contributed by atoms with E-state index in [1.165, 1.54) is 0 Å². The van der Waals surface area contributed by atoms with Crippen LogP contribution in [0.1, 0.15) is 12.8 Å². The fourth-order valence-corrected chi connectivity index (χ4v) is 2.38. The van der Waals surface area contributed by atoms with E-state index in [1.807, 2.05) is 17.2 Å². The maximum Gasteiger partial charge on any atom is 0.223 e. The van der Waals surface area contributed by atoms with Gasteiger partial charge in [0.25, 0.3) is 0 Å². The van der Waals surface area contributed by atoms with Gasteiger partial charge in [-0.1, -0.05) is 6.08 Å². The Hall–Kier alpha value is -0.480. The summed E-state index contributed by atoms with van der Waals surface area (Å²) in [5.41, 5.74) is 0. The minimum atomic E-state index is -0.00472. The van der Waals surface area contributed by atoms with Crippen LogP contribution in [0.25, 0.3) is 0 Å². The lowest BCUT2D eigenvalue weighted by atomic mass is 10.1. The molecule has 3 nitrogen and oxygen atoms in total. The van der Waals surface area contributed by atoms with Crippen molar-refractivity contribution in [3.8, 4) is 0 Å². The van der Waals surface area contributed by atoms with Gasteiger partial charge in [0.15, 0.2) is 0 Å². The molecule has 0 aromatic carbocycles. The fourth-order valence-electron chi connectivity index (χ4n) is 1.87. The van der Waals surface area contributed by atoms with Crippen molar-refractivity contribution in [3.05, 3.63) is 12.7 Å². The molecule has 86 valence electrons. The Labute approximate surface area is 95.5 Å². The Kier molecular flexibility index (Phi) is 5.19. The second kappa shape index (κ2) is 6.18. The van der Waals surface area contributed by atoms with Crippen molar-refractivity contribution < 1.29 is 9.90 Å². The normalized spacial score (nSPS) is 23.2. The molecule has 0 aromatic heterocycles. The van der Waals surface area contributed by atoms with Crippen LogP contribution >= 0.6 is 11.8 Å². The summed E-state index contributed by atoms with van der Waals surface area (Å²) in [6.45, 7) is 4.50. The number of likely N-dealkylation sites (tertiary alicyclic amines) is 1. The molecule has 1 rings (SSSR count). The third-order valence-electron chi connectivity index (χ3n) is 2.83. The van der Waals surface area contributed by atoms with Gasteiger partial charge in [-0.25, -0.2) is 0 Å². The number of amides is 1. The highest BCUT2D eigenvalue weighted by Crippen LogP contribution is 2.22. The first kappa shape index (κ1) is 12.6. The molecule has 1 amide bonds. The molecule has 0 bridgehead atoms. The third-order valence-corrected chi connectivity index (χ3v) is 3.47. The molecule has 15 heavy (non-hydrogen) atoms. The van der Waals surface area contributed by atoms with E-state index in [2.05, 4.69) is 6.58 Å². The highest BCUT2D eigenvalue weighted by Gasteiger charge is 2.32. The van der Waals surface area contributed by atoms with E-state index in [-0.39, 0.29) is 24.5 Å². The zero-order chi connectivity index (χ0) is 11.3. The average molecular weight is 229 g/mol. The van der Waals surface area contributed by atoms with Crippen LogP contribution in [0, 0.1) is 5.92 Å². The monoisotopic (exact) mass is 229 g/mol. The molecule has 4 heteroatoms. The summed E-state index contributed by atoms with van der Waals surface area (Å²) in [5.74, 6) is 1.40. The van der Waals surface area contributed by atoms with Gasteiger partial charge in [0.05, 0.1) is 12.6 Å². The second-order valence-corrected chi connectivity index (χ2v) is 4.85. The number of rotatable bonds is 6. The third kappa shape index (κ3) is 3.24. The number of nitrogens with zero attached hydrogens (tertiary/aromatic N) is 1. The van der Waals surface area contributed by atoms with Crippen LogP contribution in [0.2, 0.25) is 0 Å². The topological polar surface area (TPSA) is 40.5 Å². The van der Waals surface area contributed by atoms with E-state index < -0.39 is 0 Å². The van der Waals surface area contributed by atoms with Crippen LogP contribution in [0.3, 0.4) is 0 Å². The molecule has 1 aliphatic rings. The Balaban J connectivity index is 2.52. The van der Waals surface area contributed by atoms with Gasteiger partial charge < -0.3 is 10.0 Å². The van der Waals surface area contributed by atoms with Gasteiger partial charge in [0.1, 0.15) is 0 Å². The number of carbonyl (C=O) groups is 1. The first-order valence-corrected chi connectivity index (χ1v) is 6.64. The van der Waals surface area contributed by atoms with Gasteiger partial charge in [-0.05, 0) is 18.4 Å². The molecule has 1 aliphatic heterocycles. The summed E-state index contributed by atoms with van der Waals surface area (Å²) in [6, 6.07) is -0.00472.